The average Bonchev–Trinajstić information content (AvgIpc) is 2.75. The molecule has 1 amide bonds. The standard InChI is InChI=1S/C13H12BrIN2O/c1-17-5-4-9(8-17)7-16-13(18)11-6-10(15)2-3-12(11)14/h2-6,8H,7H2,1H3,(H,16,18). The molecule has 94 valence electrons. The molecule has 0 atom stereocenters. The SMILES string of the molecule is Cn1ccc(CNC(=O)c2cc(I)ccc2Br)c1. The quantitative estimate of drug-likeness (QED) is 0.762. The fourth-order valence-corrected chi connectivity index (χ4v) is 2.53. The second kappa shape index (κ2) is 5.88. The molecule has 0 radical (unpaired) electrons. The summed E-state index contributed by atoms with van der Waals surface area (Å²) in [6.45, 7) is 0.539. The van der Waals surface area contributed by atoms with Gasteiger partial charge in [-0.15, -0.1) is 0 Å². The Labute approximate surface area is 128 Å². The third-order valence-electron chi connectivity index (χ3n) is 2.52. The van der Waals surface area contributed by atoms with Gasteiger partial charge in [-0.1, -0.05) is 0 Å². The zero-order chi connectivity index (χ0) is 13.1. The Hall–Kier alpha value is -0.820. The second-order valence-corrected chi connectivity index (χ2v) is 6.09. The number of benzene rings is 1. The van der Waals surface area contributed by atoms with Crippen molar-refractivity contribution in [2.75, 3.05) is 0 Å². The van der Waals surface area contributed by atoms with Crippen LogP contribution >= 0.6 is 38.5 Å². The smallest absolute Gasteiger partial charge is 0.252 e. The van der Waals surface area contributed by atoms with Crippen molar-refractivity contribution < 1.29 is 4.79 Å². The summed E-state index contributed by atoms with van der Waals surface area (Å²) >= 11 is 5.59. The van der Waals surface area contributed by atoms with Crippen molar-refractivity contribution in [1.82, 2.24) is 9.88 Å². The number of aromatic nitrogens is 1. The molecule has 2 rings (SSSR count). The van der Waals surface area contributed by atoms with Crippen LogP contribution < -0.4 is 5.32 Å². The number of carbonyl (C=O) groups excluding carboxylic acids is 1. The average molecular weight is 419 g/mol. The molecular weight excluding hydrogens is 407 g/mol. The van der Waals surface area contributed by atoms with E-state index in [-0.39, 0.29) is 5.91 Å². The number of hydrogen-bond donors (Lipinski definition) is 1. The van der Waals surface area contributed by atoms with Crippen LogP contribution in [0, 0.1) is 3.57 Å². The first-order valence-electron chi connectivity index (χ1n) is 5.40. The molecule has 18 heavy (non-hydrogen) atoms. The van der Waals surface area contributed by atoms with E-state index < -0.39 is 0 Å². The second-order valence-electron chi connectivity index (χ2n) is 3.99. The van der Waals surface area contributed by atoms with Crippen molar-refractivity contribution in [3.63, 3.8) is 0 Å². The number of nitrogens with one attached hydrogen (secondary N) is 1. The molecule has 0 unspecified atom stereocenters. The van der Waals surface area contributed by atoms with E-state index in [9.17, 15) is 4.79 Å². The minimum Gasteiger partial charge on any atom is -0.357 e. The van der Waals surface area contributed by atoms with E-state index in [1.807, 2.05) is 48.3 Å². The van der Waals surface area contributed by atoms with Gasteiger partial charge in [-0.25, -0.2) is 0 Å². The molecule has 1 aromatic heterocycles. The Balaban J connectivity index is 2.05. The number of hydrogen-bond acceptors (Lipinski definition) is 1. The maximum Gasteiger partial charge on any atom is 0.252 e. The minimum atomic E-state index is -0.0655. The van der Waals surface area contributed by atoms with Gasteiger partial charge in [0.15, 0.2) is 0 Å². The number of carbonyl (C=O) groups is 1. The predicted molar refractivity (Wildman–Crippen MR) is 83.4 cm³/mol. The van der Waals surface area contributed by atoms with E-state index in [0.29, 0.717) is 12.1 Å². The highest BCUT2D eigenvalue weighted by molar-refractivity contribution is 14.1. The number of aryl methyl sites for hydroxylation is 1. The lowest BCUT2D eigenvalue weighted by Crippen LogP contribution is -2.23. The summed E-state index contributed by atoms with van der Waals surface area (Å²) in [5.41, 5.74) is 1.76. The van der Waals surface area contributed by atoms with Crippen LogP contribution in [0.3, 0.4) is 0 Å². The van der Waals surface area contributed by atoms with Gasteiger partial charge in [-0.2, -0.15) is 0 Å². The van der Waals surface area contributed by atoms with Gasteiger partial charge < -0.3 is 9.88 Å². The van der Waals surface area contributed by atoms with Gasteiger partial charge >= 0.3 is 0 Å². The van der Waals surface area contributed by atoms with Crippen LogP contribution in [0.4, 0.5) is 0 Å². The lowest BCUT2D eigenvalue weighted by molar-refractivity contribution is 0.0950. The third kappa shape index (κ3) is 3.35. The molecule has 0 aliphatic heterocycles. The van der Waals surface area contributed by atoms with Crippen LogP contribution in [0.1, 0.15) is 15.9 Å². The number of nitrogens with zero attached hydrogens (tertiary/aromatic N) is 1. The summed E-state index contributed by atoms with van der Waals surface area (Å²) in [5.74, 6) is -0.0655. The Morgan fingerprint density at radius 2 is 2.22 bits per heavy atom. The molecule has 0 aliphatic rings. The van der Waals surface area contributed by atoms with E-state index in [1.54, 1.807) is 0 Å². The Morgan fingerprint density at radius 3 is 2.89 bits per heavy atom. The van der Waals surface area contributed by atoms with Crippen molar-refractivity contribution in [2.45, 2.75) is 6.54 Å². The van der Waals surface area contributed by atoms with Crippen molar-refractivity contribution in [2.24, 2.45) is 7.05 Å². The van der Waals surface area contributed by atoms with Crippen molar-refractivity contribution >= 4 is 44.4 Å². The zero-order valence-electron chi connectivity index (χ0n) is 9.78. The number of amides is 1. The molecule has 1 aromatic carbocycles. The van der Waals surface area contributed by atoms with Crippen LogP contribution in [-0.2, 0) is 13.6 Å². The molecule has 1 N–H and O–H groups in total. The Kier molecular flexibility index (Phi) is 4.45. The molecule has 0 fully saturated rings. The molecule has 5 heteroatoms. The minimum absolute atomic E-state index is 0.0655. The summed E-state index contributed by atoms with van der Waals surface area (Å²) < 4.78 is 3.82. The summed E-state index contributed by atoms with van der Waals surface area (Å²) in [7, 11) is 1.96. The summed E-state index contributed by atoms with van der Waals surface area (Å²) in [6, 6.07) is 7.70. The topological polar surface area (TPSA) is 34.0 Å². The largest absolute Gasteiger partial charge is 0.357 e. The fraction of sp³-hybridized carbons (Fsp3) is 0.154. The van der Waals surface area contributed by atoms with E-state index in [4.69, 9.17) is 0 Å². The van der Waals surface area contributed by atoms with Crippen LogP contribution in [0.15, 0.2) is 41.1 Å². The third-order valence-corrected chi connectivity index (χ3v) is 3.88. The molecular formula is C13H12BrIN2O. The Morgan fingerprint density at radius 1 is 1.44 bits per heavy atom. The van der Waals surface area contributed by atoms with Crippen molar-refractivity contribution in [3.8, 4) is 0 Å². The highest BCUT2D eigenvalue weighted by Gasteiger charge is 2.10. The molecule has 0 spiro atoms. The van der Waals surface area contributed by atoms with Gasteiger partial charge in [-0.3, -0.25) is 4.79 Å². The molecule has 0 saturated heterocycles. The van der Waals surface area contributed by atoms with Crippen LogP contribution in [-0.4, -0.2) is 10.5 Å². The highest BCUT2D eigenvalue weighted by Crippen LogP contribution is 2.19. The molecule has 0 saturated carbocycles. The van der Waals surface area contributed by atoms with Crippen LogP contribution in [0.2, 0.25) is 0 Å². The zero-order valence-corrected chi connectivity index (χ0v) is 13.5. The Bertz CT molecular complexity index is 580. The van der Waals surface area contributed by atoms with E-state index in [2.05, 4.69) is 43.8 Å². The van der Waals surface area contributed by atoms with Gasteiger partial charge in [0, 0.05) is 34.0 Å². The number of halogens is 2. The molecule has 0 aliphatic carbocycles. The van der Waals surface area contributed by atoms with Crippen LogP contribution in [0.5, 0.6) is 0 Å². The van der Waals surface area contributed by atoms with Gasteiger partial charge in [0.05, 0.1) is 5.56 Å². The maximum atomic E-state index is 12.0. The first kappa shape index (κ1) is 13.6. The van der Waals surface area contributed by atoms with E-state index in [1.165, 1.54) is 0 Å². The first-order valence-corrected chi connectivity index (χ1v) is 7.27. The lowest BCUT2D eigenvalue weighted by Gasteiger charge is -2.06. The van der Waals surface area contributed by atoms with E-state index >= 15 is 0 Å². The molecule has 3 nitrogen and oxygen atoms in total. The van der Waals surface area contributed by atoms with Gasteiger partial charge in [0.2, 0.25) is 0 Å². The highest BCUT2D eigenvalue weighted by atomic mass is 127. The monoisotopic (exact) mass is 418 g/mol. The van der Waals surface area contributed by atoms with Gasteiger partial charge in [0.1, 0.15) is 0 Å². The van der Waals surface area contributed by atoms with Gasteiger partial charge in [-0.05, 0) is 68.3 Å². The molecule has 2 aromatic rings. The van der Waals surface area contributed by atoms with Crippen molar-refractivity contribution in [1.29, 1.82) is 0 Å². The summed E-state index contributed by atoms with van der Waals surface area (Å²) in [4.78, 5) is 12.0. The first-order chi connectivity index (χ1) is 8.56. The maximum absolute atomic E-state index is 12.0. The number of rotatable bonds is 3. The molecule has 1 heterocycles. The fourth-order valence-electron chi connectivity index (χ4n) is 1.61. The molecule has 0 bridgehead atoms. The van der Waals surface area contributed by atoms with Crippen molar-refractivity contribution in [3.05, 3.63) is 55.8 Å². The normalized spacial score (nSPS) is 10.4. The van der Waals surface area contributed by atoms with Crippen LogP contribution in [0.25, 0.3) is 0 Å². The van der Waals surface area contributed by atoms with Gasteiger partial charge in [0.25, 0.3) is 5.91 Å². The van der Waals surface area contributed by atoms with E-state index in [0.717, 1.165) is 13.6 Å². The summed E-state index contributed by atoms with van der Waals surface area (Å²) in [6.07, 6.45) is 3.95. The summed E-state index contributed by atoms with van der Waals surface area (Å²) in [5, 5.41) is 2.91. The predicted octanol–water partition coefficient (Wildman–Crippen LogP) is 3.32. The lowest BCUT2D eigenvalue weighted by atomic mass is 10.2.